The first-order chi connectivity index (χ1) is 5.20. The molecule has 0 rings (SSSR count). The number of rotatable bonds is 6. The number of nitrogens with one attached hydrogen (secondary N) is 1. The predicted octanol–water partition coefficient (Wildman–Crippen LogP) is 0.0856. The summed E-state index contributed by atoms with van der Waals surface area (Å²) in [4.78, 5) is 10.2. The lowest BCUT2D eigenvalue weighted by Crippen LogP contribution is -2.30. The van der Waals surface area contributed by atoms with E-state index in [-0.39, 0.29) is 12.5 Å². The first-order valence-electron chi connectivity index (χ1n) is 3.58. The van der Waals surface area contributed by atoms with E-state index in [0.29, 0.717) is 13.0 Å². The van der Waals surface area contributed by atoms with Gasteiger partial charge in [0, 0.05) is 19.6 Å². The average Bonchev–Trinajstić information content (AvgIpc) is 1.97. The Kier molecular flexibility index (Phi) is 5.78. The maximum absolute atomic E-state index is 10.2. The maximum atomic E-state index is 10.2. The highest BCUT2D eigenvalue weighted by molar-refractivity contribution is 5.66. The molecular formula is C7H15NO3. The predicted molar refractivity (Wildman–Crippen MR) is 41.6 cm³/mol. The third-order valence-electron chi connectivity index (χ3n) is 1.48. The standard InChI is InChI=1S/C7H15NO3/c1-8-6(5-11-2)3-4-7(9)10/h6,8H,3-5H2,1-2H3,(H,9,10)/t6-/m0/s1. The molecule has 0 spiro atoms. The number of methoxy groups -OCH3 is 1. The van der Waals surface area contributed by atoms with Crippen molar-refractivity contribution in [2.45, 2.75) is 18.9 Å². The summed E-state index contributed by atoms with van der Waals surface area (Å²) in [6.07, 6.45) is 0.800. The Hall–Kier alpha value is -0.610. The molecule has 0 aromatic rings. The number of ether oxygens (including phenoxy) is 1. The lowest BCUT2D eigenvalue weighted by molar-refractivity contribution is -0.137. The second-order valence-corrected chi connectivity index (χ2v) is 2.37. The van der Waals surface area contributed by atoms with E-state index >= 15 is 0 Å². The molecule has 66 valence electrons. The number of aliphatic carboxylic acids is 1. The van der Waals surface area contributed by atoms with Crippen LogP contribution >= 0.6 is 0 Å². The summed E-state index contributed by atoms with van der Waals surface area (Å²) < 4.78 is 4.87. The van der Waals surface area contributed by atoms with Crippen molar-refractivity contribution in [3.05, 3.63) is 0 Å². The molecule has 0 aliphatic heterocycles. The van der Waals surface area contributed by atoms with Crippen LogP contribution in [-0.4, -0.2) is 37.9 Å². The van der Waals surface area contributed by atoms with E-state index in [1.54, 1.807) is 14.2 Å². The van der Waals surface area contributed by atoms with Gasteiger partial charge in [0.25, 0.3) is 0 Å². The van der Waals surface area contributed by atoms with Crippen molar-refractivity contribution >= 4 is 5.97 Å². The van der Waals surface area contributed by atoms with E-state index in [9.17, 15) is 4.79 Å². The third kappa shape index (κ3) is 5.82. The summed E-state index contributed by atoms with van der Waals surface area (Å²) in [5.74, 6) is -0.763. The Morgan fingerprint density at radius 2 is 2.36 bits per heavy atom. The van der Waals surface area contributed by atoms with Crippen LogP contribution in [0.1, 0.15) is 12.8 Å². The number of carboxylic acids is 1. The number of hydrogen-bond acceptors (Lipinski definition) is 3. The van der Waals surface area contributed by atoms with Crippen molar-refractivity contribution in [2.24, 2.45) is 0 Å². The quantitative estimate of drug-likeness (QED) is 0.579. The molecule has 0 aliphatic carbocycles. The highest BCUT2D eigenvalue weighted by Crippen LogP contribution is 1.96. The molecule has 0 saturated carbocycles. The van der Waals surface area contributed by atoms with Crippen molar-refractivity contribution in [3.63, 3.8) is 0 Å². The topological polar surface area (TPSA) is 58.6 Å². The summed E-state index contributed by atoms with van der Waals surface area (Å²) in [6.45, 7) is 0.559. The van der Waals surface area contributed by atoms with Crippen molar-refractivity contribution in [1.29, 1.82) is 0 Å². The zero-order valence-electron chi connectivity index (χ0n) is 6.96. The molecule has 0 amide bonds. The van der Waals surface area contributed by atoms with Crippen molar-refractivity contribution < 1.29 is 14.6 Å². The van der Waals surface area contributed by atoms with Gasteiger partial charge in [0.15, 0.2) is 0 Å². The Morgan fingerprint density at radius 1 is 1.73 bits per heavy atom. The lowest BCUT2D eigenvalue weighted by Gasteiger charge is -2.12. The van der Waals surface area contributed by atoms with Crippen LogP contribution in [0, 0.1) is 0 Å². The van der Waals surface area contributed by atoms with E-state index in [4.69, 9.17) is 9.84 Å². The summed E-state index contributed by atoms with van der Waals surface area (Å²) in [5.41, 5.74) is 0. The Labute approximate surface area is 66.5 Å². The van der Waals surface area contributed by atoms with Crippen molar-refractivity contribution in [3.8, 4) is 0 Å². The second-order valence-electron chi connectivity index (χ2n) is 2.37. The molecule has 4 heteroatoms. The van der Waals surface area contributed by atoms with Crippen LogP contribution in [0.4, 0.5) is 0 Å². The van der Waals surface area contributed by atoms with Gasteiger partial charge in [0.05, 0.1) is 6.61 Å². The van der Waals surface area contributed by atoms with Gasteiger partial charge in [-0.2, -0.15) is 0 Å². The minimum Gasteiger partial charge on any atom is -0.481 e. The Balaban J connectivity index is 3.43. The van der Waals surface area contributed by atoms with Gasteiger partial charge in [-0.05, 0) is 13.5 Å². The normalized spacial score (nSPS) is 12.9. The monoisotopic (exact) mass is 161 g/mol. The molecule has 4 nitrogen and oxygen atoms in total. The van der Waals surface area contributed by atoms with Crippen LogP contribution < -0.4 is 5.32 Å². The van der Waals surface area contributed by atoms with Gasteiger partial charge in [-0.1, -0.05) is 0 Å². The van der Waals surface area contributed by atoms with Crippen molar-refractivity contribution in [1.82, 2.24) is 5.32 Å². The maximum Gasteiger partial charge on any atom is 0.303 e. The first kappa shape index (κ1) is 10.4. The Morgan fingerprint density at radius 3 is 2.73 bits per heavy atom. The SMILES string of the molecule is CN[C@@H](CCC(=O)O)COC. The van der Waals surface area contributed by atoms with E-state index in [1.807, 2.05) is 0 Å². The fourth-order valence-electron chi connectivity index (χ4n) is 0.810. The molecule has 0 radical (unpaired) electrons. The van der Waals surface area contributed by atoms with Crippen LogP contribution in [0.3, 0.4) is 0 Å². The van der Waals surface area contributed by atoms with E-state index in [1.165, 1.54) is 0 Å². The van der Waals surface area contributed by atoms with E-state index < -0.39 is 5.97 Å². The van der Waals surface area contributed by atoms with Gasteiger partial charge < -0.3 is 15.2 Å². The number of hydrogen-bond donors (Lipinski definition) is 2. The van der Waals surface area contributed by atoms with Crippen molar-refractivity contribution in [2.75, 3.05) is 20.8 Å². The van der Waals surface area contributed by atoms with E-state index in [2.05, 4.69) is 5.32 Å². The summed E-state index contributed by atoms with van der Waals surface area (Å²) in [5, 5.41) is 11.3. The molecule has 1 atom stereocenters. The molecule has 2 N–H and O–H groups in total. The fourth-order valence-corrected chi connectivity index (χ4v) is 0.810. The molecule has 0 unspecified atom stereocenters. The van der Waals surface area contributed by atoms with Crippen LogP contribution in [0.5, 0.6) is 0 Å². The van der Waals surface area contributed by atoms with Gasteiger partial charge in [-0.3, -0.25) is 4.79 Å². The molecule has 11 heavy (non-hydrogen) atoms. The smallest absolute Gasteiger partial charge is 0.303 e. The summed E-state index contributed by atoms with van der Waals surface area (Å²) in [6, 6.07) is 0.149. The largest absolute Gasteiger partial charge is 0.481 e. The van der Waals surface area contributed by atoms with Crippen LogP contribution in [0.25, 0.3) is 0 Å². The molecule has 0 aromatic heterocycles. The summed E-state index contributed by atoms with van der Waals surface area (Å²) in [7, 11) is 3.40. The average molecular weight is 161 g/mol. The number of likely N-dealkylation sites (N-methyl/N-ethyl adjacent to an activating group) is 1. The van der Waals surface area contributed by atoms with Crippen LogP contribution in [0.2, 0.25) is 0 Å². The lowest BCUT2D eigenvalue weighted by atomic mass is 10.2. The van der Waals surface area contributed by atoms with Gasteiger partial charge in [-0.25, -0.2) is 0 Å². The molecule has 0 aliphatic rings. The van der Waals surface area contributed by atoms with Gasteiger partial charge in [0.1, 0.15) is 0 Å². The molecule has 0 saturated heterocycles. The Bertz CT molecular complexity index is 116. The zero-order valence-corrected chi connectivity index (χ0v) is 6.96. The second kappa shape index (κ2) is 6.12. The zero-order chi connectivity index (χ0) is 8.69. The molecule has 0 bridgehead atoms. The summed E-state index contributed by atoms with van der Waals surface area (Å²) >= 11 is 0. The van der Waals surface area contributed by atoms with Crippen LogP contribution in [-0.2, 0) is 9.53 Å². The highest BCUT2D eigenvalue weighted by Gasteiger charge is 2.07. The molecular weight excluding hydrogens is 146 g/mol. The van der Waals surface area contributed by atoms with Crippen LogP contribution in [0.15, 0.2) is 0 Å². The molecule has 0 heterocycles. The highest BCUT2D eigenvalue weighted by atomic mass is 16.5. The van der Waals surface area contributed by atoms with Gasteiger partial charge >= 0.3 is 5.97 Å². The van der Waals surface area contributed by atoms with Gasteiger partial charge in [0.2, 0.25) is 0 Å². The molecule has 0 aromatic carbocycles. The van der Waals surface area contributed by atoms with Gasteiger partial charge in [-0.15, -0.1) is 0 Å². The van der Waals surface area contributed by atoms with E-state index in [0.717, 1.165) is 0 Å². The minimum atomic E-state index is -0.763. The number of carbonyl (C=O) groups is 1. The third-order valence-corrected chi connectivity index (χ3v) is 1.48. The molecule has 0 fully saturated rings. The minimum absolute atomic E-state index is 0.149. The first-order valence-corrected chi connectivity index (χ1v) is 3.58. The number of carboxylic acid groups (broad SMARTS) is 1. The fraction of sp³-hybridized carbons (Fsp3) is 0.857.